The number of rotatable bonds is 4. The number of halogens is 4. The quantitative estimate of drug-likeness (QED) is 0.550. The van der Waals surface area contributed by atoms with Gasteiger partial charge in [-0.2, -0.15) is 0 Å². The Morgan fingerprint density at radius 2 is 1.88 bits per heavy atom. The second-order valence-electron chi connectivity index (χ2n) is 4.91. The Balaban J connectivity index is 1.93. The molecule has 25 heavy (non-hydrogen) atoms. The van der Waals surface area contributed by atoms with E-state index in [1.54, 1.807) is 37.3 Å². The molecule has 0 saturated heterocycles. The standard InChI is InChI=1S/C16H12BrCl3N2O2S/c1-8(24-14-5-2-9(18)6-13(14)20)15(23)22-16(25)21-10-3-4-11(17)12(19)7-10/h2-8H,1H3,(H2,21,22,23,25). The third-order valence-electron chi connectivity index (χ3n) is 2.98. The van der Waals surface area contributed by atoms with Gasteiger partial charge < -0.3 is 10.1 Å². The second-order valence-corrected chi connectivity index (χ2v) is 7.42. The number of thiocarbonyl (C=S) groups is 1. The largest absolute Gasteiger partial charge is 0.479 e. The number of hydrogen-bond donors (Lipinski definition) is 2. The summed E-state index contributed by atoms with van der Waals surface area (Å²) in [5.41, 5.74) is 0.646. The van der Waals surface area contributed by atoms with Crippen LogP contribution in [0.5, 0.6) is 5.75 Å². The van der Waals surface area contributed by atoms with Crippen LogP contribution in [-0.4, -0.2) is 17.1 Å². The van der Waals surface area contributed by atoms with Crippen molar-refractivity contribution in [3.63, 3.8) is 0 Å². The zero-order valence-electron chi connectivity index (χ0n) is 12.8. The molecular weight excluding hydrogens is 471 g/mol. The van der Waals surface area contributed by atoms with Crippen molar-refractivity contribution in [3.05, 3.63) is 55.9 Å². The van der Waals surface area contributed by atoms with E-state index in [1.807, 2.05) is 0 Å². The van der Waals surface area contributed by atoms with Gasteiger partial charge >= 0.3 is 0 Å². The van der Waals surface area contributed by atoms with E-state index in [2.05, 4.69) is 26.6 Å². The van der Waals surface area contributed by atoms with E-state index in [-0.39, 0.29) is 5.11 Å². The van der Waals surface area contributed by atoms with Gasteiger partial charge in [0.2, 0.25) is 0 Å². The normalized spacial score (nSPS) is 11.6. The highest BCUT2D eigenvalue weighted by atomic mass is 79.9. The summed E-state index contributed by atoms with van der Waals surface area (Å²) in [5, 5.41) is 6.86. The highest BCUT2D eigenvalue weighted by Gasteiger charge is 2.17. The zero-order valence-corrected chi connectivity index (χ0v) is 17.4. The van der Waals surface area contributed by atoms with Crippen molar-refractivity contribution in [3.8, 4) is 5.75 Å². The average Bonchev–Trinajstić information content (AvgIpc) is 2.53. The molecule has 0 aromatic heterocycles. The van der Waals surface area contributed by atoms with Crippen LogP contribution in [-0.2, 0) is 4.79 Å². The molecule has 0 heterocycles. The Morgan fingerprint density at radius 1 is 1.16 bits per heavy atom. The molecule has 0 spiro atoms. The van der Waals surface area contributed by atoms with Gasteiger partial charge in [0.25, 0.3) is 5.91 Å². The molecule has 0 fully saturated rings. The van der Waals surface area contributed by atoms with Gasteiger partial charge in [-0.25, -0.2) is 0 Å². The van der Waals surface area contributed by atoms with Crippen LogP contribution in [0, 0.1) is 0 Å². The molecule has 0 aliphatic carbocycles. The van der Waals surface area contributed by atoms with Crippen LogP contribution in [0.25, 0.3) is 0 Å². The Hall–Kier alpha value is -1.05. The summed E-state index contributed by atoms with van der Waals surface area (Å²) in [6.45, 7) is 1.58. The molecule has 9 heteroatoms. The molecule has 2 aromatic rings. The molecule has 2 N–H and O–H groups in total. The maximum Gasteiger partial charge on any atom is 0.266 e. The molecule has 1 unspecified atom stereocenters. The molecule has 4 nitrogen and oxygen atoms in total. The van der Waals surface area contributed by atoms with Crippen molar-refractivity contribution in [2.24, 2.45) is 0 Å². The lowest BCUT2D eigenvalue weighted by atomic mass is 10.3. The van der Waals surface area contributed by atoms with E-state index < -0.39 is 12.0 Å². The monoisotopic (exact) mass is 480 g/mol. The third-order valence-corrected chi connectivity index (χ3v) is 4.95. The summed E-state index contributed by atoms with van der Waals surface area (Å²) in [6.07, 6.45) is -0.813. The van der Waals surface area contributed by atoms with Crippen LogP contribution in [0.4, 0.5) is 5.69 Å². The van der Waals surface area contributed by atoms with Gasteiger partial charge in [-0.3, -0.25) is 10.1 Å². The fourth-order valence-electron chi connectivity index (χ4n) is 1.76. The SMILES string of the molecule is CC(Oc1ccc(Cl)cc1Cl)C(=O)NC(=S)Nc1ccc(Br)c(Cl)c1. The summed E-state index contributed by atoms with van der Waals surface area (Å²) >= 11 is 26.3. The molecule has 1 atom stereocenters. The predicted molar refractivity (Wildman–Crippen MR) is 110 cm³/mol. The maximum atomic E-state index is 12.2. The minimum absolute atomic E-state index is 0.126. The number of ether oxygens (including phenoxy) is 1. The summed E-state index contributed by atoms with van der Waals surface area (Å²) in [4.78, 5) is 12.2. The van der Waals surface area contributed by atoms with Crippen molar-refractivity contribution in [1.29, 1.82) is 0 Å². The molecule has 2 rings (SSSR count). The highest BCUT2D eigenvalue weighted by molar-refractivity contribution is 9.10. The number of hydrogen-bond acceptors (Lipinski definition) is 3. The van der Waals surface area contributed by atoms with Crippen LogP contribution >= 0.6 is 63.0 Å². The first kappa shape index (κ1) is 20.3. The van der Waals surface area contributed by atoms with Crippen LogP contribution in [0.15, 0.2) is 40.9 Å². The topological polar surface area (TPSA) is 50.4 Å². The first-order valence-corrected chi connectivity index (χ1v) is 9.28. The molecule has 0 bridgehead atoms. The van der Waals surface area contributed by atoms with E-state index >= 15 is 0 Å². The van der Waals surface area contributed by atoms with Gasteiger partial charge in [0.05, 0.1) is 10.0 Å². The third kappa shape index (κ3) is 6.01. The van der Waals surface area contributed by atoms with Crippen molar-refractivity contribution in [1.82, 2.24) is 5.32 Å². The average molecular weight is 483 g/mol. The molecule has 0 saturated carbocycles. The lowest BCUT2D eigenvalue weighted by Gasteiger charge is -2.16. The van der Waals surface area contributed by atoms with Crippen molar-refractivity contribution >= 4 is 79.7 Å². The van der Waals surface area contributed by atoms with E-state index in [0.29, 0.717) is 26.5 Å². The Bertz CT molecular complexity index is 820. The summed E-state index contributed by atoms with van der Waals surface area (Å²) in [7, 11) is 0. The summed E-state index contributed by atoms with van der Waals surface area (Å²) < 4.78 is 6.29. The fourth-order valence-corrected chi connectivity index (χ4v) is 2.86. The zero-order chi connectivity index (χ0) is 18.6. The van der Waals surface area contributed by atoms with Gasteiger partial charge in [0.15, 0.2) is 11.2 Å². The number of anilines is 1. The Labute approximate surface area is 173 Å². The van der Waals surface area contributed by atoms with Crippen molar-refractivity contribution in [2.75, 3.05) is 5.32 Å². The van der Waals surface area contributed by atoms with Crippen LogP contribution < -0.4 is 15.4 Å². The molecule has 132 valence electrons. The second kappa shape index (κ2) is 9.05. The molecule has 1 amide bonds. The molecule has 0 aliphatic rings. The Kier molecular flexibility index (Phi) is 7.34. The van der Waals surface area contributed by atoms with E-state index in [1.165, 1.54) is 6.07 Å². The highest BCUT2D eigenvalue weighted by Crippen LogP contribution is 2.28. The van der Waals surface area contributed by atoms with E-state index in [0.717, 1.165) is 4.47 Å². The maximum absolute atomic E-state index is 12.2. The van der Waals surface area contributed by atoms with Crippen LogP contribution in [0.1, 0.15) is 6.92 Å². The number of carbonyl (C=O) groups excluding carboxylic acids is 1. The number of benzene rings is 2. The molecular formula is C16H12BrCl3N2O2S. The number of amides is 1. The molecule has 0 radical (unpaired) electrons. The van der Waals surface area contributed by atoms with E-state index in [9.17, 15) is 4.79 Å². The predicted octanol–water partition coefficient (Wildman–Crippen LogP) is 5.69. The smallest absolute Gasteiger partial charge is 0.266 e. The number of carbonyl (C=O) groups is 1. The van der Waals surface area contributed by atoms with Gasteiger partial charge in [-0.05, 0) is 71.5 Å². The first-order valence-electron chi connectivity index (χ1n) is 6.95. The fraction of sp³-hybridized carbons (Fsp3) is 0.125. The summed E-state index contributed by atoms with van der Waals surface area (Å²) in [6, 6.07) is 9.96. The van der Waals surface area contributed by atoms with Crippen LogP contribution in [0.3, 0.4) is 0 Å². The lowest BCUT2D eigenvalue weighted by molar-refractivity contribution is -0.125. The minimum atomic E-state index is -0.813. The molecule has 2 aromatic carbocycles. The van der Waals surface area contributed by atoms with Crippen molar-refractivity contribution in [2.45, 2.75) is 13.0 Å². The van der Waals surface area contributed by atoms with Crippen molar-refractivity contribution < 1.29 is 9.53 Å². The van der Waals surface area contributed by atoms with Gasteiger partial charge in [0, 0.05) is 15.2 Å². The van der Waals surface area contributed by atoms with E-state index in [4.69, 9.17) is 51.8 Å². The van der Waals surface area contributed by atoms with Crippen LogP contribution in [0.2, 0.25) is 15.1 Å². The van der Waals surface area contributed by atoms with Gasteiger partial charge in [-0.15, -0.1) is 0 Å². The lowest BCUT2D eigenvalue weighted by Crippen LogP contribution is -2.42. The number of nitrogens with one attached hydrogen (secondary N) is 2. The minimum Gasteiger partial charge on any atom is -0.479 e. The summed E-state index contributed by atoms with van der Waals surface area (Å²) in [5.74, 6) is -0.0704. The van der Waals surface area contributed by atoms with Gasteiger partial charge in [0.1, 0.15) is 5.75 Å². The Morgan fingerprint density at radius 3 is 2.52 bits per heavy atom. The molecule has 0 aliphatic heterocycles. The van der Waals surface area contributed by atoms with Gasteiger partial charge in [-0.1, -0.05) is 34.8 Å². The first-order chi connectivity index (χ1) is 11.8.